The van der Waals surface area contributed by atoms with Gasteiger partial charge in [0.05, 0.1) is 0 Å². The van der Waals surface area contributed by atoms with Gasteiger partial charge in [0.1, 0.15) is 0 Å². The summed E-state index contributed by atoms with van der Waals surface area (Å²) < 4.78 is 0. The smallest absolute Gasteiger partial charge is 0.276 e. The summed E-state index contributed by atoms with van der Waals surface area (Å²) in [7, 11) is 0. The van der Waals surface area contributed by atoms with Gasteiger partial charge < -0.3 is 10.6 Å². The second-order valence-corrected chi connectivity index (χ2v) is 5.37. The number of aromatic amines is 1. The molecule has 0 fully saturated rings. The van der Waals surface area contributed by atoms with Crippen molar-refractivity contribution in [3.8, 4) is 0 Å². The summed E-state index contributed by atoms with van der Waals surface area (Å²) in [5.74, 6) is -0.139. The molecule has 110 valence electrons. The minimum atomic E-state index is -0.139. The highest BCUT2D eigenvalue weighted by molar-refractivity contribution is 6.04. The van der Waals surface area contributed by atoms with Crippen LogP contribution in [0, 0.1) is 6.92 Å². The summed E-state index contributed by atoms with van der Waals surface area (Å²) in [6, 6.07) is 6.07. The first-order valence-electron chi connectivity index (χ1n) is 7.37. The zero-order chi connectivity index (χ0) is 14.8. The predicted octanol–water partition coefficient (Wildman–Crippen LogP) is 2.18. The number of amides is 1. The number of benzene rings is 1. The Bertz CT molecular complexity index is 675. The molecule has 0 spiro atoms. The van der Waals surface area contributed by atoms with Crippen LogP contribution in [-0.4, -0.2) is 22.6 Å². The van der Waals surface area contributed by atoms with E-state index in [0.29, 0.717) is 12.2 Å². The van der Waals surface area contributed by atoms with Gasteiger partial charge in [-0.05, 0) is 24.5 Å². The number of hydrogen-bond donors (Lipinski definition) is 3. The highest BCUT2D eigenvalue weighted by Gasteiger charge is 2.22. The summed E-state index contributed by atoms with van der Waals surface area (Å²) >= 11 is 0. The Hall–Kier alpha value is -2.14. The number of H-pyrrole nitrogens is 1. The number of aryl methyl sites for hydroxylation is 2. The summed E-state index contributed by atoms with van der Waals surface area (Å²) in [4.78, 5) is 12.5. The fourth-order valence-electron chi connectivity index (χ4n) is 2.79. The number of nitrogens with one attached hydrogen (secondary N) is 3. The van der Waals surface area contributed by atoms with E-state index in [2.05, 4.69) is 27.8 Å². The van der Waals surface area contributed by atoms with Crippen LogP contribution in [0.5, 0.6) is 0 Å². The number of carbonyl (C=O) groups excluding carboxylic acids is 1. The first kappa shape index (κ1) is 13.8. The number of hydrogen-bond acceptors (Lipinski definition) is 3. The lowest BCUT2D eigenvalue weighted by Crippen LogP contribution is -2.25. The largest absolute Gasteiger partial charge is 0.320 e. The standard InChI is InChI=1S/C16H20N4O/c1-3-11-6-4-5-10(2)14(11)18-16(21)15-12-9-17-8-7-13(12)19-20-15/h4-6,17H,3,7-9H2,1-2H3,(H,18,21)(H,19,20). The Kier molecular flexibility index (Phi) is 3.75. The van der Waals surface area contributed by atoms with Crippen LogP contribution in [-0.2, 0) is 19.4 Å². The van der Waals surface area contributed by atoms with E-state index in [1.165, 1.54) is 0 Å². The molecule has 0 unspecified atom stereocenters. The normalized spacial score (nSPS) is 13.8. The van der Waals surface area contributed by atoms with Crippen molar-refractivity contribution in [3.63, 3.8) is 0 Å². The number of anilines is 1. The van der Waals surface area contributed by atoms with Crippen molar-refractivity contribution < 1.29 is 4.79 Å². The van der Waals surface area contributed by atoms with Crippen molar-refractivity contribution >= 4 is 11.6 Å². The molecule has 2 heterocycles. The molecule has 0 aliphatic carbocycles. The zero-order valence-electron chi connectivity index (χ0n) is 12.4. The lowest BCUT2D eigenvalue weighted by atomic mass is 10.0. The second kappa shape index (κ2) is 5.69. The van der Waals surface area contributed by atoms with Crippen molar-refractivity contribution in [1.82, 2.24) is 15.5 Å². The maximum absolute atomic E-state index is 12.5. The van der Waals surface area contributed by atoms with Crippen molar-refractivity contribution in [2.75, 3.05) is 11.9 Å². The van der Waals surface area contributed by atoms with Gasteiger partial charge in [-0.2, -0.15) is 5.10 Å². The molecule has 1 aromatic heterocycles. The first-order chi connectivity index (χ1) is 10.2. The van der Waals surface area contributed by atoms with Gasteiger partial charge >= 0.3 is 0 Å². The van der Waals surface area contributed by atoms with Crippen molar-refractivity contribution in [1.29, 1.82) is 0 Å². The van der Waals surface area contributed by atoms with E-state index in [4.69, 9.17) is 0 Å². The average Bonchev–Trinajstić information content (AvgIpc) is 2.93. The van der Waals surface area contributed by atoms with Crippen molar-refractivity contribution in [2.24, 2.45) is 0 Å². The molecule has 5 heteroatoms. The molecule has 0 saturated carbocycles. The van der Waals surface area contributed by atoms with E-state index < -0.39 is 0 Å². The highest BCUT2D eigenvalue weighted by Crippen LogP contribution is 2.23. The number of para-hydroxylation sites is 1. The molecule has 5 nitrogen and oxygen atoms in total. The summed E-state index contributed by atoms with van der Waals surface area (Å²) in [5.41, 5.74) is 5.69. The quantitative estimate of drug-likeness (QED) is 0.809. The number of rotatable bonds is 3. The monoisotopic (exact) mass is 284 g/mol. The third-order valence-corrected chi connectivity index (χ3v) is 4.00. The van der Waals surface area contributed by atoms with Crippen LogP contribution in [0.25, 0.3) is 0 Å². The van der Waals surface area contributed by atoms with Crippen LogP contribution in [0.2, 0.25) is 0 Å². The number of carbonyl (C=O) groups is 1. The van der Waals surface area contributed by atoms with Gasteiger partial charge in [0.25, 0.3) is 5.91 Å². The van der Waals surface area contributed by atoms with Gasteiger partial charge in [0.15, 0.2) is 5.69 Å². The lowest BCUT2D eigenvalue weighted by Gasteiger charge is -2.15. The molecule has 1 aliphatic heterocycles. The Morgan fingerprint density at radius 1 is 1.43 bits per heavy atom. The maximum Gasteiger partial charge on any atom is 0.276 e. The van der Waals surface area contributed by atoms with Gasteiger partial charge in [-0.25, -0.2) is 0 Å². The van der Waals surface area contributed by atoms with Gasteiger partial charge in [0, 0.05) is 36.5 Å². The Morgan fingerprint density at radius 2 is 2.29 bits per heavy atom. The average molecular weight is 284 g/mol. The van der Waals surface area contributed by atoms with Crippen LogP contribution >= 0.6 is 0 Å². The number of fused-ring (bicyclic) bond motifs is 1. The SMILES string of the molecule is CCc1cccc(C)c1NC(=O)c1n[nH]c2c1CNCC2. The maximum atomic E-state index is 12.5. The van der Waals surface area contributed by atoms with Crippen molar-refractivity contribution in [3.05, 3.63) is 46.3 Å². The molecule has 2 aromatic rings. The molecule has 1 aliphatic rings. The molecule has 0 atom stereocenters. The van der Waals surface area contributed by atoms with Crippen LogP contribution in [0.1, 0.15) is 39.8 Å². The van der Waals surface area contributed by atoms with Crippen molar-refractivity contribution in [2.45, 2.75) is 33.2 Å². The lowest BCUT2D eigenvalue weighted by molar-refractivity contribution is 0.102. The first-order valence-corrected chi connectivity index (χ1v) is 7.37. The fourth-order valence-corrected chi connectivity index (χ4v) is 2.79. The molecule has 0 bridgehead atoms. The Morgan fingerprint density at radius 3 is 3.10 bits per heavy atom. The number of aromatic nitrogens is 2. The fraction of sp³-hybridized carbons (Fsp3) is 0.375. The summed E-state index contributed by atoms with van der Waals surface area (Å²) in [6.07, 6.45) is 1.78. The minimum absolute atomic E-state index is 0.139. The zero-order valence-corrected chi connectivity index (χ0v) is 12.4. The molecule has 21 heavy (non-hydrogen) atoms. The van der Waals surface area contributed by atoms with Crippen LogP contribution in [0.3, 0.4) is 0 Å². The van der Waals surface area contributed by atoms with Crippen LogP contribution in [0.4, 0.5) is 5.69 Å². The molecule has 3 N–H and O–H groups in total. The molecule has 0 saturated heterocycles. The third kappa shape index (κ3) is 2.56. The molecular formula is C16H20N4O. The number of nitrogens with zero attached hydrogens (tertiary/aromatic N) is 1. The Labute approximate surface area is 124 Å². The van der Waals surface area contributed by atoms with E-state index >= 15 is 0 Å². The van der Waals surface area contributed by atoms with Gasteiger partial charge in [-0.1, -0.05) is 25.1 Å². The molecular weight excluding hydrogens is 264 g/mol. The predicted molar refractivity (Wildman–Crippen MR) is 82.5 cm³/mol. The Balaban J connectivity index is 1.89. The molecule has 0 radical (unpaired) electrons. The minimum Gasteiger partial charge on any atom is -0.320 e. The van der Waals surface area contributed by atoms with E-state index in [0.717, 1.165) is 47.5 Å². The molecule has 1 amide bonds. The van der Waals surface area contributed by atoms with E-state index in [1.54, 1.807) is 0 Å². The van der Waals surface area contributed by atoms with E-state index in [-0.39, 0.29) is 5.91 Å². The highest BCUT2D eigenvalue weighted by atomic mass is 16.2. The summed E-state index contributed by atoms with van der Waals surface area (Å²) in [6.45, 7) is 5.72. The summed E-state index contributed by atoms with van der Waals surface area (Å²) in [5, 5.41) is 13.5. The van der Waals surface area contributed by atoms with Gasteiger partial charge in [-0.3, -0.25) is 9.89 Å². The topological polar surface area (TPSA) is 69.8 Å². The second-order valence-electron chi connectivity index (χ2n) is 5.37. The van der Waals surface area contributed by atoms with Gasteiger partial charge in [-0.15, -0.1) is 0 Å². The van der Waals surface area contributed by atoms with E-state index in [1.807, 2.05) is 25.1 Å². The van der Waals surface area contributed by atoms with Crippen LogP contribution in [0.15, 0.2) is 18.2 Å². The van der Waals surface area contributed by atoms with Gasteiger partial charge in [0.2, 0.25) is 0 Å². The molecule has 1 aromatic carbocycles. The molecule has 3 rings (SSSR count). The van der Waals surface area contributed by atoms with Crippen LogP contribution < -0.4 is 10.6 Å². The van der Waals surface area contributed by atoms with E-state index in [9.17, 15) is 4.79 Å². The third-order valence-electron chi connectivity index (χ3n) is 4.00.